The zero-order valence-electron chi connectivity index (χ0n) is 51.7. The smallest absolute Gasteiger partial charge is 0.0648 e. The molecule has 0 aliphatic rings. The summed E-state index contributed by atoms with van der Waals surface area (Å²) in [6.45, 7) is 57.8. The molecule has 0 N–H and O–H groups in total. The number of rotatable bonds is 8. The maximum Gasteiger partial charge on any atom is 0.0942 e. The van der Waals surface area contributed by atoms with Crippen molar-refractivity contribution >= 4 is 80.4 Å². The van der Waals surface area contributed by atoms with Crippen molar-refractivity contribution in [3.05, 3.63) is 142 Å². The van der Waals surface area contributed by atoms with Crippen LogP contribution in [0.15, 0.2) is 97.1 Å². The second kappa shape index (κ2) is 20.0. The SMILES string of the molecule is CC(C)[Si](c1ccc(C#Cc2c3cc(C(C)(C)C)cc4cc(C(C)(C)C)cc(c5c(C#Cc6ccc([Si](C(C)C)(C(C)C)C(C)C)cc6)c6cc(C(C)(C)C)cc7cc(C(C)(C)C)cc(c25)c76)c43)cc1)(C(C)C)C(C)C. The molecule has 0 nitrogen and oxygen atoms in total. The molecule has 0 aliphatic heterocycles. The third-order valence-corrected chi connectivity index (χ3v) is 32.7. The van der Waals surface area contributed by atoms with Crippen molar-refractivity contribution in [3.8, 4) is 23.7 Å². The largest absolute Gasteiger partial charge is 0.0942 e. The van der Waals surface area contributed by atoms with Crippen molar-refractivity contribution in [3.63, 3.8) is 0 Å². The van der Waals surface area contributed by atoms with E-state index in [4.69, 9.17) is 0 Å². The Bertz CT molecular complexity index is 3310. The van der Waals surface area contributed by atoms with Gasteiger partial charge in [-0.25, -0.2) is 0 Å². The Kier molecular flexibility index (Phi) is 15.0. The van der Waals surface area contributed by atoms with Gasteiger partial charge in [-0.15, -0.1) is 0 Å². The molecule has 8 rings (SSSR count). The Balaban J connectivity index is 1.61. The molecule has 398 valence electrons. The molecule has 0 heterocycles. The predicted molar refractivity (Wildman–Crippen MR) is 346 cm³/mol. The molecular formula is C74H94Si2. The van der Waals surface area contributed by atoms with Crippen LogP contribution in [0.3, 0.4) is 0 Å². The average Bonchev–Trinajstić information content (AvgIpc) is 3.31. The summed E-state index contributed by atoms with van der Waals surface area (Å²) in [5, 5.41) is 15.6. The standard InChI is InChI=1S/C74H94Si2/c1-45(2)75(46(3)4,47(5)6)59-31-25-51(26-32-59)29-35-61-63-41-55(71(13,14)15)37-53-39-58(74(22,23)24)44-66(67(53)63)70-62(36-30-52-27-33-60(34-28-52)76(48(7)8,49(9)10)50(11)12)64-42-56(72(16,17)18)38-54-40-57(73(19,20)21)43-65(68(54)64)69(61)70/h25-28,31-34,37-50H,1-24H3. The first-order valence-electron chi connectivity index (χ1n) is 29.2. The lowest BCUT2D eigenvalue weighted by molar-refractivity contribution is 0.589. The van der Waals surface area contributed by atoms with Gasteiger partial charge in [-0.2, -0.15) is 0 Å². The topological polar surface area (TPSA) is 0 Å². The van der Waals surface area contributed by atoms with Gasteiger partial charge in [0.25, 0.3) is 0 Å². The van der Waals surface area contributed by atoms with Gasteiger partial charge in [-0.3, -0.25) is 0 Å². The molecule has 0 atom stereocenters. The summed E-state index contributed by atoms with van der Waals surface area (Å²) in [6, 6.07) is 39.1. The van der Waals surface area contributed by atoms with Crippen molar-refractivity contribution in [1.29, 1.82) is 0 Å². The van der Waals surface area contributed by atoms with Gasteiger partial charge in [-0.1, -0.05) is 249 Å². The number of fused-ring (bicyclic) bond motifs is 3. The Labute approximate surface area is 464 Å². The highest BCUT2D eigenvalue weighted by Gasteiger charge is 2.45. The summed E-state index contributed by atoms with van der Waals surface area (Å²) in [5.41, 5.74) is 13.0. The van der Waals surface area contributed by atoms with Crippen LogP contribution in [0.4, 0.5) is 0 Å². The molecule has 0 bridgehead atoms. The fourth-order valence-electron chi connectivity index (χ4n) is 14.8. The van der Waals surface area contributed by atoms with Crippen LogP contribution in [0.25, 0.3) is 53.9 Å². The lowest BCUT2D eigenvalue weighted by atomic mass is 9.75. The van der Waals surface area contributed by atoms with Gasteiger partial charge in [0.15, 0.2) is 0 Å². The van der Waals surface area contributed by atoms with E-state index in [9.17, 15) is 0 Å². The van der Waals surface area contributed by atoms with Gasteiger partial charge in [0.1, 0.15) is 0 Å². The third kappa shape index (κ3) is 9.70. The van der Waals surface area contributed by atoms with Gasteiger partial charge < -0.3 is 0 Å². The Morgan fingerprint density at radius 2 is 0.526 bits per heavy atom. The van der Waals surface area contributed by atoms with E-state index >= 15 is 0 Å². The van der Waals surface area contributed by atoms with Gasteiger partial charge >= 0.3 is 0 Å². The van der Waals surface area contributed by atoms with Crippen LogP contribution >= 0.6 is 0 Å². The molecule has 0 amide bonds. The summed E-state index contributed by atoms with van der Waals surface area (Å²) < 4.78 is 0. The summed E-state index contributed by atoms with van der Waals surface area (Å²) in [5.74, 6) is 15.9. The van der Waals surface area contributed by atoms with Crippen molar-refractivity contribution in [2.24, 2.45) is 0 Å². The van der Waals surface area contributed by atoms with E-state index < -0.39 is 16.1 Å². The molecule has 0 aromatic heterocycles. The molecule has 8 aromatic carbocycles. The van der Waals surface area contributed by atoms with E-state index in [2.05, 4.69) is 287 Å². The summed E-state index contributed by atoms with van der Waals surface area (Å²) in [6.07, 6.45) is 0. The molecule has 0 fully saturated rings. The molecule has 0 spiro atoms. The van der Waals surface area contributed by atoms with Gasteiger partial charge in [0, 0.05) is 33.0 Å². The van der Waals surface area contributed by atoms with Crippen LogP contribution in [-0.4, -0.2) is 16.1 Å². The van der Waals surface area contributed by atoms with Crippen LogP contribution < -0.4 is 10.4 Å². The summed E-state index contributed by atoms with van der Waals surface area (Å²) in [7, 11) is -3.72. The van der Waals surface area contributed by atoms with E-state index in [1.807, 2.05) is 0 Å². The van der Waals surface area contributed by atoms with Crippen molar-refractivity contribution in [1.82, 2.24) is 0 Å². The van der Waals surface area contributed by atoms with Crippen LogP contribution in [-0.2, 0) is 21.7 Å². The quantitative estimate of drug-likeness (QED) is 0.0616. The Morgan fingerprint density at radius 1 is 0.289 bits per heavy atom. The number of benzene rings is 8. The van der Waals surface area contributed by atoms with Crippen molar-refractivity contribution in [2.45, 2.75) is 221 Å². The average molecular weight is 1040 g/mol. The van der Waals surface area contributed by atoms with E-state index in [1.165, 1.54) is 76.1 Å². The van der Waals surface area contributed by atoms with Crippen LogP contribution in [0.2, 0.25) is 33.2 Å². The monoisotopic (exact) mass is 1040 g/mol. The molecule has 76 heavy (non-hydrogen) atoms. The molecule has 2 heteroatoms. The zero-order valence-corrected chi connectivity index (χ0v) is 53.7. The summed E-state index contributed by atoms with van der Waals surface area (Å²) in [4.78, 5) is 0. The van der Waals surface area contributed by atoms with Gasteiger partial charge in [0.05, 0.1) is 16.1 Å². The summed E-state index contributed by atoms with van der Waals surface area (Å²) >= 11 is 0. The molecule has 8 aromatic rings. The molecular weight excluding hydrogens is 945 g/mol. The van der Waals surface area contributed by atoms with Crippen LogP contribution in [0.5, 0.6) is 0 Å². The minimum absolute atomic E-state index is 0.0901. The Hall–Kier alpha value is -5.13. The van der Waals surface area contributed by atoms with Gasteiger partial charge in [0.2, 0.25) is 0 Å². The van der Waals surface area contributed by atoms with E-state index in [0.29, 0.717) is 33.2 Å². The Morgan fingerprint density at radius 3 is 0.750 bits per heavy atom. The molecule has 0 unspecified atom stereocenters. The lowest BCUT2D eigenvalue weighted by Gasteiger charge is -2.43. The highest BCUT2D eigenvalue weighted by Crippen LogP contribution is 2.50. The number of hydrogen-bond donors (Lipinski definition) is 0. The van der Waals surface area contributed by atoms with Crippen molar-refractivity contribution < 1.29 is 0 Å². The second-order valence-corrected chi connectivity index (χ2v) is 41.1. The highest BCUT2D eigenvalue weighted by molar-refractivity contribution is 6.95. The first-order chi connectivity index (χ1) is 35.2. The van der Waals surface area contributed by atoms with Gasteiger partial charge in [-0.05, 0) is 169 Å². The van der Waals surface area contributed by atoms with E-state index in [-0.39, 0.29) is 21.7 Å². The maximum absolute atomic E-state index is 4.06. The van der Waals surface area contributed by atoms with E-state index in [1.54, 1.807) is 10.4 Å². The lowest BCUT2D eigenvalue weighted by Crippen LogP contribution is -2.55. The molecule has 0 saturated carbocycles. The van der Waals surface area contributed by atoms with E-state index in [0.717, 1.165) is 22.3 Å². The molecule has 0 aliphatic carbocycles. The minimum atomic E-state index is -1.86. The third-order valence-electron chi connectivity index (χ3n) is 18.6. The second-order valence-electron chi connectivity index (χ2n) is 29.2. The first-order valence-corrected chi connectivity index (χ1v) is 33.6. The minimum Gasteiger partial charge on any atom is -0.0648 e. The number of hydrogen-bond acceptors (Lipinski definition) is 0. The normalized spacial score (nSPS) is 13.5. The maximum atomic E-state index is 4.06. The predicted octanol–water partition coefficient (Wildman–Crippen LogP) is 20.7. The molecule has 0 saturated heterocycles. The fraction of sp³-hybridized carbons (Fsp3) is 0.459. The zero-order chi connectivity index (χ0) is 56.2. The van der Waals surface area contributed by atoms with Crippen LogP contribution in [0, 0.1) is 23.7 Å². The highest BCUT2D eigenvalue weighted by atomic mass is 28.3. The first kappa shape index (κ1) is 57.1. The van der Waals surface area contributed by atoms with Crippen LogP contribution in [0.1, 0.15) is 211 Å². The molecule has 0 radical (unpaired) electrons. The van der Waals surface area contributed by atoms with Crippen molar-refractivity contribution in [2.75, 3.05) is 0 Å². The fourth-order valence-corrected chi connectivity index (χ4v) is 28.3.